The smallest absolute Gasteiger partial charge is 0.294 e. The second kappa shape index (κ2) is 10.3. The molecule has 1 atom stereocenters. The molecule has 0 aliphatic heterocycles. The first-order chi connectivity index (χ1) is 16.1. The molecule has 3 aromatic rings. The predicted octanol–water partition coefficient (Wildman–Crippen LogP) is 5.96. The lowest BCUT2D eigenvalue weighted by molar-refractivity contribution is -0.134. The number of aromatic nitrogens is 1. The summed E-state index contributed by atoms with van der Waals surface area (Å²) in [5, 5.41) is 0. The molecule has 0 fully saturated rings. The Morgan fingerprint density at radius 1 is 1.06 bits per heavy atom. The van der Waals surface area contributed by atoms with Gasteiger partial charge in [-0.05, 0) is 60.2 Å². The lowest BCUT2D eigenvalue weighted by Crippen LogP contribution is -2.31. The fourth-order valence-electron chi connectivity index (χ4n) is 4.43. The number of fused-ring (bicyclic) bond motifs is 3. The van der Waals surface area contributed by atoms with Crippen LogP contribution in [0.1, 0.15) is 54.6 Å². The molecule has 0 spiro atoms. The van der Waals surface area contributed by atoms with Crippen LogP contribution in [0.4, 0.5) is 0 Å². The average Bonchev–Trinajstić information content (AvgIpc) is 3.16. The molecule has 0 radical (unpaired) electrons. The summed E-state index contributed by atoms with van der Waals surface area (Å²) in [5.74, 6) is 0.845. The summed E-state index contributed by atoms with van der Waals surface area (Å²) >= 11 is 0. The summed E-state index contributed by atoms with van der Waals surface area (Å²) in [6.45, 7) is 7.16. The average molecular weight is 443 g/mol. The SMILES string of the molecule is CC/C=C(\OCC1c2ccccc2-c2ccccc21)N(COC=O)C(C)c1ccc(C)nc1. The van der Waals surface area contributed by atoms with E-state index in [-0.39, 0.29) is 18.7 Å². The van der Waals surface area contributed by atoms with Crippen molar-refractivity contribution in [1.29, 1.82) is 0 Å². The van der Waals surface area contributed by atoms with E-state index >= 15 is 0 Å². The highest BCUT2D eigenvalue weighted by Gasteiger charge is 2.29. The Labute approximate surface area is 195 Å². The molecule has 1 aliphatic carbocycles. The predicted molar refractivity (Wildman–Crippen MR) is 129 cm³/mol. The maximum absolute atomic E-state index is 11.0. The number of hydrogen-bond donors (Lipinski definition) is 0. The van der Waals surface area contributed by atoms with Crippen molar-refractivity contribution < 1.29 is 14.3 Å². The van der Waals surface area contributed by atoms with Crippen molar-refractivity contribution in [2.24, 2.45) is 0 Å². The van der Waals surface area contributed by atoms with Crippen molar-refractivity contribution in [2.45, 2.75) is 39.2 Å². The van der Waals surface area contributed by atoms with Crippen LogP contribution in [0.5, 0.6) is 0 Å². The van der Waals surface area contributed by atoms with Gasteiger partial charge in [0.25, 0.3) is 6.47 Å². The van der Waals surface area contributed by atoms with Crippen LogP contribution in [0.3, 0.4) is 0 Å². The van der Waals surface area contributed by atoms with Gasteiger partial charge in [0.05, 0.1) is 6.04 Å². The lowest BCUT2D eigenvalue weighted by atomic mass is 9.98. The number of nitrogens with zero attached hydrogens (tertiary/aromatic N) is 2. The number of rotatable bonds is 10. The van der Waals surface area contributed by atoms with Gasteiger partial charge in [0.15, 0.2) is 12.6 Å². The van der Waals surface area contributed by atoms with E-state index in [9.17, 15) is 4.79 Å². The Morgan fingerprint density at radius 3 is 2.30 bits per heavy atom. The van der Waals surface area contributed by atoms with Crippen molar-refractivity contribution in [2.75, 3.05) is 13.3 Å². The molecule has 1 unspecified atom stereocenters. The van der Waals surface area contributed by atoms with Crippen LogP contribution in [0, 0.1) is 6.92 Å². The number of allylic oxidation sites excluding steroid dienone is 1. The third-order valence-corrected chi connectivity index (χ3v) is 6.19. The zero-order valence-electron chi connectivity index (χ0n) is 19.4. The maximum atomic E-state index is 11.0. The Kier molecular flexibility index (Phi) is 7.08. The molecule has 1 aliphatic rings. The van der Waals surface area contributed by atoms with Crippen LogP contribution < -0.4 is 0 Å². The van der Waals surface area contributed by atoms with Crippen LogP contribution >= 0.6 is 0 Å². The molecule has 5 heteroatoms. The third-order valence-electron chi connectivity index (χ3n) is 6.19. The van der Waals surface area contributed by atoms with Gasteiger partial charge in [0, 0.05) is 17.8 Å². The summed E-state index contributed by atoms with van der Waals surface area (Å²) < 4.78 is 11.7. The first kappa shape index (κ1) is 22.6. The zero-order valence-corrected chi connectivity index (χ0v) is 19.4. The van der Waals surface area contributed by atoms with Crippen LogP contribution in [0.15, 0.2) is 78.8 Å². The summed E-state index contributed by atoms with van der Waals surface area (Å²) in [6.07, 6.45) is 4.70. The Balaban J connectivity index is 1.60. The topological polar surface area (TPSA) is 51.7 Å². The Hall–Kier alpha value is -3.60. The standard InChI is InChI=1S/C28H30N2O3/c1-4-9-28(30(18-32-19-31)21(3)22-15-14-20(2)29-16-22)33-17-27-25-12-7-5-10-23(25)24-11-6-8-13-26(24)27/h5-16,19,21,27H,4,17-18H2,1-3H3/b28-9-. The van der Waals surface area contributed by atoms with E-state index in [0.29, 0.717) is 19.0 Å². The highest BCUT2D eigenvalue weighted by atomic mass is 16.5. The fraction of sp³-hybridized carbons (Fsp3) is 0.286. The zero-order chi connectivity index (χ0) is 23.2. The second-order valence-electron chi connectivity index (χ2n) is 8.26. The summed E-state index contributed by atoms with van der Waals surface area (Å²) in [7, 11) is 0. The van der Waals surface area contributed by atoms with E-state index in [1.807, 2.05) is 36.2 Å². The van der Waals surface area contributed by atoms with Crippen molar-refractivity contribution in [3.63, 3.8) is 0 Å². The molecular formula is C28H30N2O3. The van der Waals surface area contributed by atoms with Gasteiger partial charge in [-0.2, -0.15) is 0 Å². The molecular weight excluding hydrogens is 412 g/mol. The second-order valence-corrected chi connectivity index (χ2v) is 8.26. The highest BCUT2D eigenvalue weighted by molar-refractivity contribution is 5.78. The first-order valence-corrected chi connectivity index (χ1v) is 11.4. The minimum Gasteiger partial charge on any atom is -0.478 e. The van der Waals surface area contributed by atoms with Gasteiger partial charge in [-0.1, -0.05) is 61.5 Å². The van der Waals surface area contributed by atoms with Gasteiger partial charge in [-0.3, -0.25) is 9.78 Å². The first-order valence-electron chi connectivity index (χ1n) is 11.4. The number of benzene rings is 2. The molecule has 0 saturated carbocycles. The minimum absolute atomic E-state index is 0.0843. The molecule has 170 valence electrons. The lowest BCUT2D eigenvalue weighted by Gasteiger charge is -2.32. The number of ether oxygens (including phenoxy) is 2. The van der Waals surface area contributed by atoms with E-state index in [4.69, 9.17) is 9.47 Å². The largest absolute Gasteiger partial charge is 0.478 e. The van der Waals surface area contributed by atoms with Gasteiger partial charge in [0.1, 0.15) is 6.61 Å². The highest BCUT2D eigenvalue weighted by Crippen LogP contribution is 2.44. The van der Waals surface area contributed by atoms with Gasteiger partial charge in [-0.15, -0.1) is 0 Å². The minimum atomic E-state index is -0.0843. The van der Waals surface area contributed by atoms with Gasteiger partial charge >= 0.3 is 0 Å². The number of pyridine rings is 1. The van der Waals surface area contributed by atoms with Crippen molar-refractivity contribution in [3.8, 4) is 11.1 Å². The van der Waals surface area contributed by atoms with Crippen molar-refractivity contribution >= 4 is 6.47 Å². The number of carbonyl (C=O) groups excluding carboxylic acids is 1. The van der Waals surface area contributed by atoms with Crippen LogP contribution in [0.25, 0.3) is 11.1 Å². The molecule has 5 nitrogen and oxygen atoms in total. The number of carbonyl (C=O) groups is 1. The summed E-state index contributed by atoms with van der Waals surface area (Å²) in [6, 6.07) is 21.0. The van der Waals surface area contributed by atoms with Gasteiger partial charge < -0.3 is 14.4 Å². The molecule has 2 aromatic carbocycles. The van der Waals surface area contributed by atoms with E-state index in [1.54, 1.807) is 0 Å². The Bertz CT molecular complexity index is 1080. The summed E-state index contributed by atoms with van der Waals surface area (Å²) in [5.41, 5.74) is 7.08. The summed E-state index contributed by atoms with van der Waals surface area (Å²) in [4.78, 5) is 17.4. The van der Waals surface area contributed by atoms with Crippen molar-refractivity contribution in [1.82, 2.24) is 9.88 Å². The molecule has 0 amide bonds. The molecule has 0 bridgehead atoms. The van der Waals surface area contributed by atoms with Gasteiger partial charge in [0.2, 0.25) is 0 Å². The normalized spacial score (nSPS) is 13.7. The van der Waals surface area contributed by atoms with Gasteiger partial charge in [-0.25, -0.2) is 0 Å². The number of hydrogen-bond acceptors (Lipinski definition) is 5. The molecule has 1 aromatic heterocycles. The molecule has 0 N–H and O–H groups in total. The molecule has 4 rings (SSSR count). The van der Waals surface area contributed by atoms with Crippen molar-refractivity contribution in [3.05, 3.63) is 101 Å². The Morgan fingerprint density at radius 2 is 1.73 bits per heavy atom. The quantitative estimate of drug-likeness (QED) is 0.220. The monoisotopic (exact) mass is 442 g/mol. The van der Waals surface area contributed by atoms with E-state index in [0.717, 1.165) is 17.7 Å². The van der Waals surface area contributed by atoms with E-state index in [2.05, 4.69) is 67.4 Å². The van der Waals surface area contributed by atoms with Crippen LogP contribution in [0.2, 0.25) is 0 Å². The molecule has 1 heterocycles. The molecule has 33 heavy (non-hydrogen) atoms. The maximum Gasteiger partial charge on any atom is 0.294 e. The van der Waals surface area contributed by atoms with Crippen LogP contribution in [-0.2, 0) is 14.3 Å². The fourth-order valence-corrected chi connectivity index (χ4v) is 4.43. The van der Waals surface area contributed by atoms with E-state index < -0.39 is 0 Å². The molecule has 0 saturated heterocycles. The number of aryl methyl sites for hydroxylation is 1. The third kappa shape index (κ3) is 4.77. The van der Waals surface area contributed by atoms with E-state index in [1.165, 1.54) is 22.3 Å². The van der Waals surface area contributed by atoms with Crippen LogP contribution in [-0.4, -0.2) is 29.7 Å².